The molecule has 0 saturated carbocycles. The van der Waals surface area contributed by atoms with E-state index in [1.54, 1.807) is 11.0 Å². The first-order chi connectivity index (χ1) is 9.52. The van der Waals surface area contributed by atoms with E-state index in [1.807, 2.05) is 6.92 Å². The Morgan fingerprint density at radius 3 is 2.60 bits per heavy atom. The van der Waals surface area contributed by atoms with Gasteiger partial charge in [-0.1, -0.05) is 6.07 Å². The van der Waals surface area contributed by atoms with E-state index in [-0.39, 0.29) is 11.7 Å². The van der Waals surface area contributed by atoms with Gasteiger partial charge in [0.2, 0.25) is 0 Å². The van der Waals surface area contributed by atoms with Crippen LogP contribution in [0.4, 0.5) is 4.39 Å². The Hall–Kier alpha value is -1.46. The van der Waals surface area contributed by atoms with Gasteiger partial charge in [-0.2, -0.15) is 0 Å². The first-order valence-corrected chi connectivity index (χ1v) is 7.02. The zero-order valence-corrected chi connectivity index (χ0v) is 12.1. The van der Waals surface area contributed by atoms with Crippen molar-refractivity contribution in [2.75, 3.05) is 32.7 Å². The molecule has 1 saturated heterocycles. The summed E-state index contributed by atoms with van der Waals surface area (Å²) in [5, 5.41) is 0. The van der Waals surface area contributed by atoms with Gasteiger partial charge >= 0.3 is 0 Å². The Kier molecular flexibility index (Phi) is 4.73. The second-order valence-electron chi connectivity index (χ2n) is 5.37. The number of hydrogen-bond donors (Lipinski definition) is 1. The Morgan fingerprint density at radius 1 is 1.35 bits per heavy atom. The molecule has 0 radical (unpaired) electrons. The zero-order valence-electron chi connectivity index (χ0n) is 12.1. The predicted octanol–water partition coefficient (Wildman–Crippen LogP) is 1.24. The molecule has 4 nitrogen and oxygen atoms in total. The van der Waals surface area contributed by atoms with Crippen molar-refractivity contribution in [2.45, 2.75) is 19.9 Å². The Bertz CT molecular complexity index is 484. The molecule has 0 aliphatic carbocycles. The molecular formula is C15H22FN3O. The highest BCUT2D eigenvalue weighted by Crippen LogP contribution is 2.15. The number of hydrogen-bond acceptors (Lipinski definition) is 3. The van der Waals surface area contributed by atoms with Crippen LogP contribution < -0.4 is 5.73 Å². The van der Waals surface area contributed by atoms with Crippen molar-refractivity contribution in [3.05, 3.63) is 35.1 Å². The summed E-state index contributed by atoms with van der Waals surface area (Å²) < 4.78 is 13.3. The number of amides is 1. The summed E-state index contributed by atoms with van der Waals surface area (Å²) in [6.07, 6.45) is 0. The number of piperazine rings is 1. The third kappa shape index (κ3) is 3.16. The second-order valence-corrected chi connectivity index (χ2v) is 5.37. The van der Waals surface area contributed by atoms with Gasteiger partial charge in [0.25, 0.3) is 5.91 Å². The molecule has 2 rings (SSSR count). The first kappa shape index (κ1) is 14.9. The van der Waals surface area contributed by atoms with Crippen molar-refractivity contribution in [1.29, 1.82) is 0 Å². The molecule has 1 unspecified atom stereocenters. The van der Waals surface area contributed by atoms with Gasteiger partial charge < -0.3 is 10.6 Å². The lowest BCUT2D eigenvalue weighted by atomic mass is 10.1. The highest BCUT2D eigenvalue weighted by Gasteiger charge is 2.25. The third-order valence-electron chi connectivity index (χ3n) is 4.00. The zero-order chi connectivity index (χ0) is 14.7. The van der Waals surface area contributed by atoms with Crippen LogP contribution in [-0.2, 0) is 0 Å². The number of aryl methyl sites for hydroxylation is 1. The van der Waals surface area contributed by atoms with Gasteiger partial charge in [-0.15, -0.1) is 0 Å². The van der Waals surface area contributed by atoms with Crippen LogP contribution in [0.25, 0.3) is 0 Å². The molecular weight excluding hydrogens is 257 g/mol. The molecule has 5 heteroatoms. The van der Waals surface area contributed by atoms with E-state index in [0.717, 1.165) is 18.7 Å². The van der Waals surface area contributed by atoms with Crippen molar-refractivity contribution >= 4 is 5.91 Å². The summed E-state index contributed by atoms with van der Waals surface area (Å²) in [4.78, 5) is 16.5. The monoisotopic (exact) mass is 279 g/mol. The summed E-state index contributed by atoms with van der Waals surface area (Å²) in [6, 6.07) is 4.69. The molecule has 1 fully saturated rings. The van der Waals surface area contributed by atoms with Crippen LogP contribution >= 0.6 is 0 Å². The van der Waals surface area contributed by atoms with Crippen LogP contribution in [0.15, 0.2) is 18.2 Å². The number of benzene rings is 1. The molecule has 20 heavy (non-hydrogen) atoms. The second kappa shape index (κ2) is 6.33. The molecule has 0 bridgehead atoms. The maximum absolute atomic E-state index is 13.3. The molecule has 1 atom stereocenters. The van der Waals surface area contributed by atoms with Crippen LogP contribution in [0.3, 0.4) is 0 Å². The molecule has 1 aliphatic heterocycles. The quantitative estimate of drug-likeness (QED) is 0.905. The van der Waals surface area contributed by atoms with E-state index >= 15 is 0 Å². The molecule has 1 heterocycles. The lowest BCUT2D eigenvalue weighted by molar-refractivity contribution is 0.0588. The highest BCUT2D eigenvalue weighted by atomic mass is 19.1. The van der Waals surface area contributed by atoms with Crippen molar-refractivity contribution < 1.29 is 9.18 Å². The van der Waals surface area contributed by atoms with E-state index in [1.165, 1.54) is 12.1 Å². The summed E-state index contributed by atoms with van der Waals surface area (Å²) in [6.45, 7) is 7.51. The van der Waals surface area contributed by atoms with Gasteiger partial charge in [-0.05, 0) is 31.5 Å². The van der Waals surface area contributed by atoms with Crippen LogP contribution in [0.1, 0.15) is 22.8 Å². The van der Waals surface area contributed by atoms with Gasteiger partial charge in [-0.3, -0.25) is 9.69 Å². The minimum atomic E-state index is -0.366. The minimum absolute atomic E-state index is 0.0814. The standard InChI is InChI=1S/C15H22FN3O/c1-11-3-4-13(16)9-14(11)15(20)19-7-5-18(6-8-19)12(2)10-17/h3-4,9,12H,5-8,10,17H2,1-2H3. The van der Waals surface area contributed by atoms with Crippen LogP contribution in [0, 0.1) is 12.7 Å². The molecule has 0 spiro atoms. The van der Waals surface area contributed by atoms with Crippen molar-refractivity contribution in [1.82, 2.24) is 9.80 Å². The molecule has 1 aliphatic rings. The average Bonchev–Trinajstić information content (AvgIpc) is 2.48. The minimum Gasteiger partial charge on any atom is -0.336 e. The topological polar surface area (TPSA) is 49.6 Å². The van der Waals surface area contributed by atoms with E-state index in [9.17, 15) is 9.18 Å². The Labute approximate surface area is 119 Å². The van der Waals surface area contributed by atoms with E-state index in [2.05, 4.69) is 11.8 Å². The van der Waals surface area contributed by atoms with Gasteiger partial charge in [-0.25, -0.2) is 4.39 Å². The van der Waals surface area contributed by atoms with E-state index in [0.29, 0.717) is 31.2 Å². The van der Waals surface area contributed by atoms with Crippen LogP contribution in [0.5, 0.6) is 0 Å². The fourth-order valence-corrected chi connectivity index (χ4v) is 2.51. The molecule has 2 N–H and O–H groups in total. The molecule has 1 aromatic rings. The normalized spacial score (nSPS) is 18.1. The number of nitrogens with two attached hydrogens (primary N) is 1. The largest absolute Gasteiger partial charge is 0.336 e. The Morgan fingerprint density at radius 2 is 2.00 bits per heavy atom. The first-order valence-electron chi connectivity index (χ1n) is 7.02. The molecule has 1 aromatic carbocycles. The van der Waals surface area contributed by atoms with Crippen LogP contribution in [-0.4, -0.2) is 54.5 Å². The number of carbonyl (C=O) groups is 1. The van der Waals surface area contributed by atoms with Crippen LogP contribution in [0.2, 0.25) is 0 Å². The number of carbonyl (C=O) groups excluding carboxylic acids is 1. The van der Waals surface area contributed by atoms with Gasteiger partial charge in [0.1, 0.15) is 5.82 Å². The third-order valence-corrected chi connectivity index (χ3v) is 4.00. The molecule has 0 aromatic heterocycles. The van der Waals surface area contributed by atoms with E-state index in [4.69, 9.17) is 5.73 Å². The molecule has 110 valence electrons. The maximum Gasteiger partial charge on any atom is 0.254 e. The van der Waals surface area contributed by atoms with E-state index < -0.39 is 0 Å². The summed E-state index contributed by atoms with van der Waals surface area (Å²) in [5.74, 6) is -0.448. The van der Waals surface area contributed by atoms with Crippen molar-refractivity contribution in [3.63, 3.8) is 0 Å². The predicted molar refractivity (Wildman–Crippen MR) is 77.1 cm³/mol. The number of halogens is 1. The maximum atomic E-state index is 13.3. The highest BCUT2D eigenvalue weighted by molar-refractivity contribution is 5.95. The number of rotatable bonds is 3. The van der Waals surface area contributed by atoms with Crippen molar-refractivity contribution in [3.8, 4) is 0 Å². The Balaban J connectivity index is 2.03. The van der Waals surface area contributed by atoms with Crippen molar-refractivity contribution in [2.24, 2.45) is 5.73 Å². The average molecular weight is 279 g/mol. The summed E-state index contributed by atoms with van der Waals surface area (Å²) in [7, 11) is 0. The van der Waals surface area contributed by atoms with Gasteiger partial charge in [0.15, 0.2) is 0 Å². The lowest BCUT2D eigenvalue weighted by Gasteiger charge is -2.37. The van der Waals surface area contributed by atoms with Gasteiger partial charge in [0, 0.05) is 44.3 Å². The fraction of sp³-hybridized carbons (Fsp3) is 0.533. The summed E-state index contributed by atoms with van der Waals surface area (Å²) in [5.41, 5.74) is 6.94. The summed E-state index contributed by atoms with van der Waals surface area (Å²) >= 11 is 0. The smallest absolute Gasteiger partial charge is 0.254 e. The lowest BCUT2D eigenvalue weighted by Crippen LogP contribution is -2.52. The van der Waals surface area contributed by atoms with Gasteiger partial charge in [0.05, 0.1) is 0 Å². The fourth-order valence-electron chi connectivity index (χ4n) is 2.51. The number of nitrogens with zero attached hydrogens (tertiary/aromatic N) is 2. The molecule has 1 amide bonds. The SMILES string of the molecule is Cc1ccc(F)cc1C(=O)N1CCN(C(C)CN)CC1.